The molecule has 0 bridgehead atoms. The molecule has 2 saturated heterocycles. The lowest BCUT2D eigenvalue weighted by Crippen LogP contribution is -2.65. The number of likely N-dealkylation sites (tertiary alicyclic amines) is 2. The predicted molar refractivity (Wildman–Crippen MR) is 232 cm³/mol. The highest BCUT2D eigenvalue weighted by Gasteiger charge is 2.47. The van der Waals surface area contributed by atoms with Crippen LogP contribution < -0.4 is 28.7 Å². The minimum absolute atomic E-state index is 0.153. The average molecular weight is 885 g/mol. The number of carbonyl (C=O) groups excluding carboxylic acids is 5. The Kier molecular flexibility index (Phi) is 14.1. The molecular formula is C44H60N4O13S. The summed E-state index contributed by atoms with van der Waals surface area (Å²) in [6.07, 6.45) is -0.736. The fraction of sp³-hybridized carbons (Fsp3) is 0.591. The molecule has 0 aliphatic carbocycles. The molecule has 2 aromatic rings. The van der Waals surface area contributed by atoms with Crippen LogP contribution in [0, 0.1) is 0 Å². The second-order valence-electron chi connectivity index (χ2n) is 18.0. The maximum absolute atomic E-state index is 12.5. The van der Waals surface area contributed by atoms with Crippen molar-refractivity contribution in [1.82, 2.24) is 9.80 Å². The molecule has 0 N–H and O–H groups in total. The van der Waals surface area contributed by atoms with Gasteiger partial charge in [0.15, 0.2) is 6.61 Å². The lowest BCUT2D eigenvalue weighted by molar-refractivity contribution is -0.146. The Morgan fingerprint density at radius 3 is 1.47 bits per heavy atom. The molecule has 2 aromatic carbocycles. The monoisotopic (exact) mass is 884 g/mol. The van der Waals surface area contributed by atoms with Gasteiger partial charge < -0.3 is 52.6 Å². The summed E-state index contributed by atoms with van der Waals surface area (Å²) in [5.41, 5.74) is -1.14. The summed E-state index contributed by atoms with van der Waals surface area (Å²) in [7, 11) is 0. The van der Waals surface area contributed by atoms with E-state index in [2.05, 4.69) is 0 Å². The maximum atomic E-state index is 12.5. The Morgan fingerprint density at radius 1 is 0.677 bits per heavy atom. The number of hydrogen-bond acceptors (Lipinski definition) is 14. The van der Waals surface area contributed by atoms with E-state index in [0.29, 0.717) is 72.1 Å². The zero-order valence-electron chi connectivity index (χ0n) is 37.8. The Balaban J connectivity index is 0.000000234. The Morgan fingerprint density at radius 2 is 1.06 bits per heavy atom. The van der Waals surface area contributed by atoms with E-state index in [0.717, 1.165) is 0 Å². The topological polar surface area (TPSA) is 172 Å². The first-order chi connectivity index (χ1) is 28.8. The zero-order valence-corrected chi connectivity index (χ0v) is 38.6. The second-order valence-corrected chi connectivity index (χ2v) is 18.5. The van der Waals surface area contributed by atoms with Crippen molar-refractivity contribution in [3.8, 4) is 23.0 Å². The van der Waals surface area contributed by atoms with E-state index >= 15 is 0 Å². The SMILES string of the molecule is CCOC(=O)C(C)N1C(=O)COc2ccc(OC3(C)CN(C(=O)OC(C)(C)C)C3)cc21.CCOC(=O)C(C)N1C(=S)COc2ccc(OC3(C)CN(C(=O)OC(C)(C)C)C3)cc21. The van der Waals surface area contributed by atoms with E-state index in [4.69, 9.17) is 50.1 Å². The lowest BCUT2D eigenvalue weighted by Gasteiger charge is -2.47. The molecule has 0 radical (unpaired) electrons. The number of benzene rings is 2. The number of esters is 2. The quantitative estimate of drug-likeness (QED) is 0.148. The normalized spacial score (nSPS) is 18.3. The van der Waals surface area contributed by atoms with E-state index in [-0.39, 0.29) is 43.9 Å². The van der Waals surface area contributed by atoms with Crippen molar-refractivity contribution in [1.29, 1.82) is 0 Å². The van der Waals surface area contributed by atoms with Gasteiger partial charge in [-0.3, -0.25) is 9.69 Å². The molecule has 4 heterocycles. The summed E-state index contributed by atoms with van der Waals surface area (Å²) in [6, 6.07) is 9.13. The van der Waals surface area contributed by atoms with Gasteiger partial charge in [0.05, 0.1) is 50.8 Å². The molecule has 2 atom stereocenters. The molecule has 0 aromatic heterocycles. The predicted octanol–water partition coefficient (Wildman–Crippen LogP) is 6.30. The van der Waals surface area contributed by atoms with Crippen molar-refractivity contribution in [3.63, 3.8) is 0 Å². The van der Waals surface area contributed by atoms with Crippen molar-refractivity contribution in [2.75, 3.05) is 62.4 Å². The molecule has 6 rings (SSSR count). The first-order valence-corrected chi connectivity index (χ1v) is 21.1. The van der Waals surface area contributed by atoms with Gasteiger partial charge in [0.25, 0.3) is 5.91 Å². The molecular weight excluding hydrogens is 825 g/mol. The number of carbonyl (C=O) groups is 5. The molecule has 18 heteroatoms. The highest BCUT2D eigenvalue weighted by Crippen LogP contribution is 2.41. The van der Waals surface area contributed by atoms with Gasteiger partial charge in [-0.2, -0.15) is 0 Å². The van der Waals surface area contributed by atoms with Crippen molar-refractivity contribution in [2.24, 2.45) is 0 Å². The first kappa shape index (κ1) is 47.5. The third-order valence-corrected chi connectivity index (χ3v) is 10.1. The highest BCUT2D eigenvalue weighted by atomic mass is 32.1. The van der Waals surface area contributed by atoms with Gasteiger partial charge in [0.2, 0.25) is 0 Å². The summed E-state index contributed by atoms with van der Waals surface area (Å²) in [5, 5.41) is 0. The van der Waals surface area contributed by atoms with E-state index in [1.165, 1.54) is 4.90 Å². The fourth-order valence-electron chi connectivity index (χ4n) is 7.15. The molecule has 4 aliphatic heterocycles. The van der Waals surface area contributed by atoms with Crippen LogP contribution in [0.4, 0.5) is 21.0 Å². The molecule has 62 heavy (non-hydrogen) atoms. The summed E-state index contributed by atoms with van der Waals surface area (Å²) in [4.78, 5) is 68.2. The number of amides is 3. The van der Waals surface area contributed by atoms with Gasteiger partial charge in [-0.05, 0) is 107 Å². The van der Waals surface area contributed by atoms with E-state index < -0.39 is 40.5 Å². The van der Waals surface area contributed by atoms with E-state index in [9.17, 15) is 24.0 Å². The third-order valence-electron chi connectivity index (χ3n) is 9.78. The first-order valence-electron chi connectivity index (χ1n) is 20.7. The minimum atomic E-state index is -0.799. The van der Waals surface area contributed by atoms with Crippen LogP contribution in [0.3, 0.4) is 0 Å². The van der Waals surface area contributed by atoms with Crippen molar-refractivity contribution in [3.05, 3.63) is 36.4 Å². The second kappa shape index (κ2) is 18.4. The van der Waals surface area contributed by atoms with Gasteiger partial charge in [-0.15, -0.1) is 0 Å². The highest BCUT2D eigenvalue weighted by molar-refractivity contribution is 7.80. The molecule has 0 saturated carbocycles. The Labute approximate surface area is 368 Å². The van der Waals surface area contributed by atoms with Gasteiger partial charge in [-0.1, -0.05) is 12.2 Å². The Bertz CT molecular complexity index is 1890. The summed E-state index contributed by atoms with van der Waals surface area (Å²) in [6.45, 7) is 23.8. The maximum Gasteiger partial charge on any atom is 0.410 e. The number of anilines is 2. The number of rotatable bonds is 10. The number of thiocarbonyl (C=S) groups is 1. The molecule has 340 valence electrons. The van der Waals surface area contributed by atoms with Crippen LogP contribution in [0.1, 0.15) is 83.1 Å². The van der Waals surface area contributed by atoms with Crippen molar-refractivity contribution >= 4 is 58.6 Å². The van der Waals surface area contributed by atoms with E-state index in [1.807, 2.05) is 61.5 Å². The zero-order chi connectivity index (χ0) is 45.9. The summed E-state index contributed by atoms with van der Waals surface area (Å²) >= 11 is 5.45. The third kappa shape index (κ3) is 11.5. The van der Waals surface area contributed by atoms with Crippen LogP contribution in [-0.4, -0.2) is 132 Å². The number of fused-ring (bicyclic) bond motifs is 2. The minimum Gasteiger partial charge on any atom is -0.484 e. The number of hydrogen-bond donors (Lipinski definition) is 0. The van der Waals surface area contributed by atoms with Gasteiger partial charge >= 0.3 is 24.1 Å². The molecule has 3 amide bonds. The van der Waals surface area contributed by atoms with E-state index in [1.54, 1.807) is 72.7 Å². The molecule has 2 unspecified atom stereocenters. The molecule has 17 nitrogen and oxygen atoms in total. The van der Waals surface area contributed by atoms with Crippen molar-refractivity contribution in [2.45, 2.75) is 118 Å². The largest absolute Gasteiger partial charge is 0.484 e. The lowest BCUT2D eigenvalue weighted by atomic mass is 9.97. The smallest absolute Gasteiger partial charge is 0.410 e. The van der Waals surface area contributed by atoms with Gasteiger partial charge in [0.1, 0.15) is 69.1 Å². The Hall–Kier alpha value is -5.52. The van der Waals surface area contributed by atoms with Crippen LogP contribution in [0.2, 0.25) is 0 Å². The van der Waals surface area contributed by atoms with Gasteiger partial charge in [0, 0.05) is 12.1 Å². The summed E-state index contributed by atoms with van der Waals surface area (Å²) in [5.74, 6) is 1.01. The van der Waals surface area contributed by atoms with Crippen LogP contribution in [-0.2, 0) is 33.3 Å². The van der Waals surface area contributed by atoms with Gasteiger partial charge in [-0.25, -0.2) is 19.2 Å². The van der Waals surface area contributed by atoms with Crippen LogP contribution in [0.15, 0.2) is 36.4 Å². The summed E-state index contributed by atoms with van der Waals surface area (Å²) < 4.78 is 44.6. The van der Waals surface area contributed by atoms with Crippen molar-refractivity contribution < 1.29 is 61.9 Å². The molecule has 0 spiro atoms. The molecule has 4 aliphatic rings. The van der Waals surface area contributed by atoms with Crippen LogP contribution >= 0.6 is 12.2 Å². The fourth-order valence-corrected chi connectivity index (χ4v) is 7.46. The van der Waals surface area contributed by atoms with Crippen LogP contribution in [0.25, 0.3) is 0 Å². The molecule has 2 fully saturated rings. The van der Waals surface area contributed by atoms with Crippen LogP contribution in [0.5, 0.6) is 23.0 Å². The standard InChI is InChI=1S/C22H30N2O7.C22H30N2O6S/c1-7-28-19(26)14(2)24-16-10-15(8-9-17(16)29-11-18(24)25)30-22(6)12-23(13-22)20(27)31-21(3,4)5;1-7-27-19(25)14(2)24-16-10-15(8-9-17(16)28-11-18(24)31)29-22(6)12-23(13-22)20(26)30-21(3,4)5/h2*8-10,14H,7,11-13H2,1-6H3. The number of nitrogens with zero attached hydrogens (tertiary/aromatic N) is 4. The number of ether oxygens (including phenoxy) is 8. The average Bonchev–Trinajstić information content (AvgIpc) is 3.14.